The molecule has 0 spiro atoms. The molecule has 1 aliphatic rings. The number of hydrogen-bond donors (Lipinski definition) is 0. The molecular weight excluding hydrogens is 344 g/mol. The summed E-state index contributed by atoms with van der Waals surface area (Å²) < 4.78 is 10.9. The van der Waals surface area contributed by atoms with Crippen LogP contribution in [0.5, 0.6) is 5.75 Å². The summed E-state index contributed by atoms with van der Waals surface area (Å²) in [6.45, 7) is 3.73. The molecular formula is C20H20N4O3. The van der Waals surface area contributed by atoms with Gasteiger partial charge >= 0.3 is 0 Å². The highest BCUT2D eigenvalue weighted by Crippen LogP contribution is 2.29. The molecule has 138 valence electrons. The van der Waals surface area contributed by atoms with Gasteiger partial charge in [0.05, 0.1) is 12.5 Å². The lowest BCUT2D eigenvalue weighted by Gasteiger charge is -2.16. The molecule has 1 atom stereocenters. The molecule has 7 heteroatoms. The maximum Gasteiger partial charge on any atom is 0.232 e. The van der Waals surface area contributed by atoms with Crippen molar-refractivity contribution < 1.29 is 14.1 Å². The molecule has 0 aliphatic carbocycles. The zero-order valence-corrected chi connectivity index (χ0v) is 15.0. The van der Waals surface area contributed by atoms with E-state index in [-0.39, 0.29) is 11.8 Å². The van der Waals surface area contributed by atoms with E-state index in [9.17, 15) is 4.79 Å². The molecule has 3 heterocycles. The highest BCUT2D eigenvalue weighted by molar-refractivity contribution is 5.79. The first-order valence-corrected chi connectivity index (χ1v) is 8.96. The fourth-order valence-electron chi connectivity index (χ4n) is 3.19. The molecule has 7 nitrogen and oxygen atoms in total. The average Bonchev–Trinajstić information content (AvgIpc) is 3.32. The van der Waals surface area contributed by atoms with Gasteiger partial charge in [-0.1, -0.05) is 17.3 Å². The number of nitrogens with zero attached hydrogens (tertiary/aromatic N) is 4. The van der Waals surface area contributed by atoms with Crippen molar-refractivity contribution in [3.8, 4) is 17.1 Å². The number of hydrogen-bond acceptors (Lipinski definition) is 6. The number of carbonyl (C=O) groups excluding carboxylic acids is 1. The minimum atomic E-state index is -0.0803. The van der Waals surface area contributed by atoms with Crippen molar-refractivity contribution in [3.05, 3.63) is 60.2 Å². The largest absolute Gasteiger partial charge is 0.494 e. The van der Waals surface area contributed by atoms with Crippen molar-refractivity contribution in [2.45, 2.75) is 25.8 Å². The number of rotatable bonds is 6. The van der Waals surface area contributed by atoms with Gasteiger partial charge in [0.25, 0.3) is 0 Å². The number of amides is 1. The lowest BCUT2D eigenvalue weighted by Crippen LogP contribution is -2.24. The molecule has 27 heavy (non-hydrogen) atoms. The molecule has 1 unspecified atom stereocenters. The number of ether oxygens (including phenoxy) is 1. The van der Waals surface area contributed by atoms with Crippen LogP contribution in [0.2, 0.25) is 0 Å². The molecule has 1 aliphatic heterocycles. The summed E-state index contributed by atoms with van der Waals surface area (Å²) in [4.78, 5) is 22.7. The van der Waals surface area contributed by atoms with E-state index < -0.39 is 0 Å². The first-order chi connectivity index (χ1) is 13.2. The zero-order chi connectivity index (χ0) is 18.6. The van der Waals surface area contributed by atoms with Gasteiger partial charge in [0.2, 0.25) is 17.6 Å². The van der Waals surface area contributed by atoms with E-state index in [4.69, 9.17) is 9.26 Å². The van der Waals surface area contributed by atoms with Gasteiger partial charge in [-0.2, -0.15) is 4.98 Å². The Morgan fingerprint density at radius 1 is 1.19 bits per heavy atom. The van der Waals surface area contributed by atoms with E-state index in [1.165, 1.54) is 0 Å². The van der Waals surface area contributed by atoms with Crippen molar-refractivity contribution in [2.24, 2.45) is 0 Å². The zero-order valence-electron chi connectivity index (χ0n) is 15.0. The normalized spacial score (nSPS) is 16.7. The van der Waals surface area contributed by atoms with Crippen LogP contribution in [0.4, 0.5) is 0 Å². The Morgan fingerprint density at radius 2 is 1.96 bits per heavy atom. The number of likely N-dealkylation sites (tertiary alicyclic amines) is 1. The number of carbonyl (C=O) groups is 1. The predicted molar refractivity (Wildman–Crippen MR) is 97.9 cm³/mol. The van der Waals surface area contributed by atoms with E-state index >= 15 is 0 Å². The third-order valence-electron chi connectivity index (χ3n) is 4.55. The molecule has 0 radical (unpaired) electrons. The average molecular weight is 364 g/mol. The van der Waals surface area contributed by atoms with Crippen LogP contribution in [0, 0.1) is 0 Å². The van der Waals surface area contributed by atoms with E-state index in [1.54, 1.807) is 12.4 Å². The smallest absolute Gasteiger partial charge is 0.232 e. The molecule has 1 fully saturated rings. The monoisotopic (exact) mass is 364 g/mol. The minimum absolute atomic E-state index is 0.0803. The van der Waals surface area contributed by atoms with E-state index in [2.05, 4.69) is 15.1 Å². The minimum Gasteiger partial charge on any atom is -0.494 e. The lowest BCUT2D eigenvalue weighted by atomic mass is 10.1. The first-order valence-electron chi connectivity index (χ1n) is 8.96. The first kappa shape index (κ1) is 17.2. The molecule has 4 rings (SSSR count). The van der Waals surface area contributed by atoms with Crippen molar-refractivity contribution in [1.82, 2.24) is 20.0 Å². The highest BCUT2D eigenvalue weighted by atomic mass is 16.5. The van der Waals surface area contributed by atoms with E-state index in [0.29, 0.717) is 37.8 Å². The summed E-state index contributed by atoms with van der Waals surface area (Å²) in [5.74, 6) is 1.87. The SMILES string of the molecule is CCOc1ccc(CN2CC(c3nc(-c4ccncc4)no3)CC2=O)cc1. The van der Waals surface area contributed by atoms with Gasteiger partial charge in [0.15, 0.2) is 0 Å². The van der Waals surface area contributed by atoms with Crippen molar-refractivity contribution >= 4 is 5.91 Å². The maximum absolute atomic E-state index is 12.4. The number of benzene rings is 1. The Balaban J connectivity index is 1.42. The topological polar surface area (TPSA) is 81.3 Å². The van der Waals surface area contributed by atoms with Crippen LogP contribution in [-0.4, -0.2) is 39.1 Å². The maximum atomic E-state index is 12.4. The van der Waals surface area contributed by atoms with Gasteiger partial charge in [-0.3, -0.25) is 9.78 Å². The van der Waals surface area contributed by atoms with Crippen LogP contribution in [0.3, 0.4) is 0 Å². The summed E-state index contributed by atoms with van der Waals surface area (Å²) in [5.41, 5.74) is 1.91. The van der Waals surface area contributed by atoms with E-state index in [1.807, 2.05) is 48.2 Å². The summed E-state index contributed by atoms with van der Waals surface area (Å²) in [6.07, 6.45) is 3.75. The van der Waals surface area contributed by atoms with Crippen molar-refractivity contribution in [1.29, 1.82) is 0 Å². The van der Waals surface area contributed by atoms with Crippen LogP contribution in [0.15, 0.2) is 53.3 Å². The fourth-order valence-corrected chi connectivity index (χ4v) is 3.19. The molecule has 1 aromatic carbocycles. The summed E-state index contributed by atoms with van der Waals surface area (Å²) in [5, 5.41) is 4.03. The summed E-state index contributed by atoms with van der Waals surface area (Å²) in [6, 6.07) is 11.5. The van der Waals surface area contributed by atoms with Gasteiger partial charge in [0, 0.05) is 37.5 Å². The third-order valence-corrected chi connectivity index (χ3v) is 4.55. The molecule has 0 N–H and O–H groups in total. The molecule has 1 saturated heterocycles. The number of pyridine rings is 1. The van der Waals surface area contributed by atoms with Gasteiger partial charge in [0.1, 0.15) is 5.75 Å². The molecule has 0 saturated carbocycles. The van der Waals surface area contributed by atoms with Crippen LogP contribution in [-0.2, 0) is 11.3 Å². The van der Waals surface area contributed by atoms with E-state index in [0.717, 1.165) is 16.9 Å². The summed E-state index contributed by atoms with van der Waals surface area (Å²) in [7, 11) is 0. The van der Waals surface area contributed by atoms with Crippen LogP contribution in [0.25, 0.3) is 11.4 Å². The van der Waals surface area contributed by atoms with Gasteiger partial charge in [-0.15, -0.1) is 0 Å². The Labute approximate surface area is 157 Å². The van der Waals surface area contributed by atoms with Crippen molar-refractivity contribution in [3.63, 3.8) is 0 Å². The standard InChI is InChI=1S/C20H20N4O3/c1-2-26-17-5-3-14(4-6-17)12-24-13-16(11-18(24)25)20-22-19(23-27-20)15-7-9-21-10-8-15/h3-10,16H,2,11-13H2,1H3. The van der Waals surface area contributed by atoms with Crippen LogP contribution >= 0.6 is 0 Å². The Hall–Kier alpha value is -3.22. The molecule has 3 aromatic rings. The molecule has 2 aromatic heterocycles. The number of aromatic nitrogens is 3. The second kappa shape index (κ2) is 7.57. The lowest BCUT2D eigenvalue weighted by molar-refractivity contribution is -0.128. The Bertz CT molecular complexity index is 908. The third kappa shape index (κ3) is 3.81. The Morgan fingerprint density at radius 3 is 2.70 bits per heavy atom. The quantitative estimate of drug-likeness (QED) is 0.669. The van der Waals surface area contributed by atoms with Gasteiger partial charge < -0.3 is 14.2 Å². The Kier molecular flexibility index (Phi) is 4.82. The molecule has 1 amide bonds. The molecule has 0 bridgehead atoms. The fraction of sp³-hybridized carbons (Fsp3) is 0.300. The van der Waals surface area contributed by atoms with Crippen LogP contribution in [0.1, 0.15) is 30.7 Å². The second-order valence-electron chi connectivity index (χ2n) is 6.44. The van der Waals surface area contributed by atoms with Crippen molar-refractivity contribution in [2.75, 3.05) is 13.2 Å². The second-order valence-corrected chi connectivity index (χ2v) is 6.44. The van der Waals surface area contributed by atoms with Gasteiger partial charge in [-0.25, -0.2) is 0 Å². The van der Waals surface area contributed by atoms with Crippen LogP contribution < -0.4 is 4.74 Å². The predicted octanol–water partition coefficient (Wildman–Crippen LogP) is 3.05. The highest BCUT2D eigenvalue weighted by Gasteiger charge is 2.34. The summed E-state index contributed by atoms with van der Waals surface area (Å²) >= 11 is 0. The van der Waals surface area contributed by atoms with Gasteiger partial charge in [-0.05, 0) is 36.8 Å².